The zero-order chi connectivity index (χ0) is 18.4. The van der Waals surface area contributed by atoms with Crippen LogP contribution in [0.4, 0.5) is 8.78 Å². The minimum atomic E-state index is -0.705. The maximum atomic E-state index is 14.2. The van der Waals surface area contributed by atoms with E-state index in [0.717, 1.165) is 25.2 Å². The molecule has 1 saturated carbocycles. The molecule has 1 aliphatic carbocycles. The van der Waals surface area contributed by atoms with Crippen LogP contribution < -0.4 is 5.32 Å². The van der Waals surface area contributed by atoms with Crippen molar-refractivity contribution in [2.24, 2.45) is 0 Å². The van der Waals surface area contributed by atoms with E-state index in [1.165, 1.54) is 16.6 Å². The van der Waals surface area contributed by atoms with Gasteiger partial charge in [-0.15, -0.1) is 0 Å². The molecule has 0 atom stereocenters. The lowest BCUT2D eigenvalue weighted by molar-refractivity contribution is 0.0946. The van der Waals surface area contributed by atoms with Crippen molar-refractivity contribution in [1.29, 1.82) is 5.26 Å². The molecule has 0 unspecified atom stereocenters. The smallest absolute Gasteiger partial charge is 0.272 e. The average Bonchev–Trinajstić information content (AvgIpc) is 3.34. The second kappa shape index (κ2) is 5.88. The Balaban J connectivity index is 1.96. The molecule has 1 aromatic carbocycles. The van der Waals surface area contributed by atoms with Crippen LogP contribution in [0.1, 0.15) is 34.5 Å². The van der Waals surface area contributed by atoms with Crippen molar-refractivity contribution in [3.05, 3.63) is 53.0 Å². The Morgan fingerprint density at radius 3 is 2.85 bits per heavy atom. The molecule has 8 heteroatoms. The number of hydrogen-bond acceptors (Lipinski definition) is 4. The summed E-state index contributed by atoms with van der Waals surface area (Å²) in [6.45, 7) is 1.70. The summed E-state index contributed by atoms with van der Waals surface area (Å²) in [6, 6.07) is 4.47. The fourth-order valence-corrected chi connectivity index (χ4v) is 2.84. The van der Waals surface area contributed by atoms with Crippen molar-refractivity contribution in [2.45, 2.75) is 25.8 Å². The van der Waals surface area contributed by atoms with Crippen LogP contribution in [0, 0.1) is 29.9 Å². The summed E-state index contributed by atoms with van der Waals surface area (Å²) >= 11 is 0. The Hall–Kier alpha value is -3.34. The molecule has 26 heavy (non-hydrogen) atoms. The Labute approximate surface area is 147 Å². The fraction of sp³-hybridized carbons (Fsp3) is 0.222. The topological polar surface area (TPSA) is 83.1 Å². The summed E-state index contributed by atoms with van der Waals surface area (Å²) < 4.78 is 28.9. The highest BCUT2D eigenvalue weighted by molar-refractivity contribution is 6.03. The van der Waals surface area contributed by atoms with Gasteiger partial charge in [0.15, 0.2) is 17.2 Å². The fourth-order valence-electron chi connectivity index (χ4n) is 2.84. The zero-order valence-corrected chi connectivity index (χ0v) is 13.8. The molecule has 0 radical (unpaired) electrons. The molecule has 2 heterocycles. The standard InChI is InChI=1S/C18H13F2N5O/c1-9-4-10(6-21)14(20)5-13(9)15-16(18(26)23-12-2-3-12)24-25-8-11(19)7-22-17(15)25/h4-5,7-8,12H,2-3H2,1H3,(H,23,26). The Kier molecular flexibility index (Phi) is 3.65. The predicted octanol–water partition coefficient (Wildman–Crippen LogP) is 2.75. The molecule has 0 aliphatic heterocycles. The van der Waals surface area contributed by atoms with Crippen molar-refractivity contribution >= 4 is 11.6 Å². The summed E-state index contributed by atoms with van der Waals surface area (Å²) in [5.74, 6) is -1.73. The predicted molar refractivity (Wildman–Crippen MR) is 88.3 cm³/mol. The number of nitrogens with zero attached hydrogens (tertiary/aromatic N) is 4. The maximum absolute atomic E-state index is 14.2. The van der Waals surface area contributed by atoms with E-state index in [-0.39, 0.29) is 22.9 Å². The van der Waals surface area contributed by atoms with Crippen LogP contribution in [-0.4, -0.2) is 26.5 Å². The van der Waals surface area contributed by atoms with Crippen molar-refractivity contribution in [2.75, 3.05) is 0 Å². The average molecular weight is 353 g/mol. The number of halogens is 2. The molecule has 3 aromatic rings. The quantitative estimate of drug-likeness (QED) is 0.785. The van der Waals surface area contributed by atoms with Crippen LogP contribution in [0.5, 0.6) is 0 Å². The van der Waals surface area contributed by atoms with Gasteiger partial charge in [-0.2, -0.15) is 10.4 Å². The first-order valence-corrected chi connectivity index (χ1v) is 8.03. The number of aromatic nitrogens is 3. The van der Waals surface area contributed by atoms with E-state index in [1.54, 1.807) is 13.0 Å². The van der Waals surface area contributed by atoms with Gasteiger partial charge in [-0.1, -0.05) is 0 Å². The zero-order valence-electron chi connectivity index (χ0n) is 13.8. The number of fused-ring (bicyclic) bond motifs is 1. The summed E-state index contributed by atoms with van der Waals surface area (Å²) in [5, 5.41) is 16.0. The lowest BCUT2D eigenvalue weighted by atomic mass is 9.97. The normalized spacial score (nSPS) is 13.6. The van der Waals surface area contributed by atoms with E-state index in [1.807, 2.05) is 0 Å². The number of carbonyl (C=O) groups is 1. The first-order chi connectivity index (χ1) is 12.5. The summed E-state index contributed by atoms with van der Waals surface area (Å²) in [7, 11) is 0. The molecule has 1 fully saturated rings. The number of amides is 1. The van der Waals surface area contributed by atoms with E-state index in [4.69, 9.17) is 5.26 Å². The van der Waals surface area contributed by atoms with Crippen LogP contribution in [0.15, 0.2) is 24.5 Å². The number of aryl methyl sites for hydroxylation is 1. The molecule has 1 N–H and O–H groups in total. The van der Waals surface area contributed by atoms with Gasteiger partial charge in [-0.05, 0) is 43.0 Å². The van der Waals surface area contributed by atoms with E-state index in [2.05, 4.69) is 15.4 Å². The molecule has 6 nitrogen and oxygen atoms in total. The minimum absolute atomic E-state index is 0.0437. The van der Waals surface area contributed by atoms with Crippen molar-refractivity contribution < 1.29 is 13.6 Å². The Bertz CT molecular complexity index is 1100. The van der Waals surface area contributed by atoms with Crippen LogP contribution in [0.2, 0.25) is 0 Å². The van der Waals surface area contributed by atoms with Crippen molar-refractivity contribution in [3.63, 3.8) is 0 Å². The van der Waals surface area contributed by atoms with Gasteiger partial charge >= 0.3 is 0 Å². The van der Waals surface area contributed by atoms with Crippen LogP contribution >= 0.6 is 0 Å². The molecule has 0 bridgehead atoms. The SMILES string of the molecule is Cc1cc(C#N)c(F)cc1-c1c(C(=O)NC2CC2)nn2cc(F)cnc12. The second-order valence-corrected chi connectivity index (χ2v) is 6.27. The van der Waals surface area contributed by atoms with Gasteiger partial charge in [-0.25, -0.2) is 18.3 Å². The second-order valence-electron chi connectivity index (χ2n) is 6.27. The maximum Gasteiger partial charge on any atom is 0.272 e. The molecule has 0 saturated heterocycles. The van der Waals surface area contributed by atoms with E-state index >= 15 is 0 Å². The number of rotatable bonds is 3. The van der Waals surface area contributed by atoms with E-state index in [9.17, 15) is 13.6 Å². The largest absolute Gasteiger partial charge is 0.348 e. The number of nitriles is 1. The molecule has 2 aromatic heterocycles. The molecular formula is C18H13F2N5O. The van der Waals surface area contributed by atoms with Crippen LogP contribution in [0.25, 0.3) is 16.8 Å². The molecule has 4 rings (SSSR count). The van der Waals surface area contributed by atoms with Gasteiger partial charge in [0.05, 0.1) is 23.5 Å². The monoisotopic (exact) mass is 353 g/mol. The van der Waals surface area contributed by atoms with E-state index < -0.39 is 17.5 Å². The lowest BCUT2D eigenvalue weighted by Gasteiger charge is -2.08. The highest BCUT2D eigenvalue weighted by atomic mass is 19.1. The van der Waals surface area contributed by atoms with Crippen molar-refractivity contribution in [1.82, 2.24) is 19.9 Å². The highest BCUT2D eigenvalue weighted by Gasteiger charge is 2.29. The Morgan fingerprint density at radius 1 is 1.38 bits per heavy atom. The van der Waals surface area contributed by atoms with Crippen LogP contribution in [0.3, 0.4) is 0 Å². The Morgan fingerprint density at radius 2 is 2.15 bits per heavy atom. The highest BCUT2D eigenvalue weighted by Crippen LogP contribution is 2.32. The minimum Gasteiger partial charge on any atom is -0.348 e. The van der Waals surface area contributed by atoms with E-state index in [0.29, 0.717) is 16.7 Å². The lowest BCUT2D eigenvalue weighted by Crippen LogP contribution is -2.26. The third-order valence-corrected chi connectivity index (χ3v) is 4.27. The van der Waals surface area contributed by atoms with Gasteiger partial charge in [0.25, 0.3) is 5.91 Å². The van der Waals surface area contributed by atoms with Gasteiger partial charge in [0, 0.05) is 6.04 Å². The number of hydrogen-bond donors (Lipinski definition) is 1. The molecule has 130 valence electrons. The third kappa shape index (κ3) is 2.67. The molecule has 1 amide bonds. The van der Waals surface area contributed by atoms with Gasteiger partial charge < -0.3 is 5.32 Å². The number of benzene rings is 1. The first kappa shape index (κ1) is 16.1. The summed E-state index contributed by atoms with van der Waals surface area (Å²) in [6.07, 6.45) is 3.91. The van der Waals surface area contributed by atoms with Crippen LogP contribution in [-0.2, 0) is 0 Å². The van der Waals surface area contributed by atoms with Gasteiger partial charge in [0.1, 0.15) is 11.9 Å². The molecule has 0 spiro atoms. The van der Waals surface area contributed by atoms with Gasteiger partial charge in [0.2, 0.25) is 0 Å². The summed E-state index contributed by atoms with van der Waals surface area (Å²) in [5.41, 5.74) is 1.47. The molecule has 1 aliphatic rings. The number of carbonyl (C=O) groups excluding carboxylic acids is 1. The van der Waals surface area contributed by atoms with Crippen molar-refractivity contribution in [3.8, 4) is 17.2 Å². The van der Waals surface area contributed by atoms with Gasteiger partial charge in [-0.3, -0.25) is 4.79 Å². The molecular weight excluding hydrogens is 340 g/mol. The number of nitrogens with one attached hydrogen (secondary N) is 1. The summed E-state index contributed by atoms with van der Waals surface area (Å²) in [4.78, 5) is 16.6. The first-order valence-electron chi connectivity index (χ1n) is 8.03. The third-order valence-electron chi connectivity index (χ3n) is 4.27.